The predicted molar refractivity (Wildman–Crippen MR) is 132 cm³/mol. The quantitative estimate of drug-likeness (QED) is 0.342. The number of carbonyl (C=O) groups is 2. The highest BCUT2D eigenvalue weighted by molar-refractivity contribution is 6.01. The Hall–Kier alpha value is -4.31. The summed E-state index contributed by atoms with van der Waals surface area (Å²) in [5, 5.41) is 11.0. The van der Waals surface area contributed by atoms with E-state index in [4.69, 9.17) is 9.47 Å². The topological polar surface area (TPSA) is 98.6 Å². The minimum atomic E-state index is -1.10. The molecule has 0 saturated carbocycles. The molecule has 1 atom stereocenters. The minimum Gasteiger partial charge on any atom is -0.497 e. The fourth-order valence-electron chi connectivity index (χ4n) is 3.87. The smallest absolute Gasteiger partial charge is 0.249 e. The van der Waals surface area contributed by atoms with Crippen molar-refractivity contribution in [3.05, 3.63) is 84.2 Å². The SMILES string of the molecule is COCCNC(=O)C(c1ccc(F)cc1)N(C(=O)Cn1nnc2ccccc21)c1cccc(OC)c1. The molecule has 36 heavy (non-hydrogen) atoms. The number of halogens is 1. The number of para-hydroxylation sites is 1. The van der Waals surface area contributed by atoms with E-state index in [2.05, 4.69) is 15.6 Å². The molecule has 186 valence electrons. The van der Waals surface area contributed by atoms with Crippen LogP contribution in [0, 0.1) is 5.82 Å². The summed E-state index contributed by atoms with van der Waals surface area (Å²) in [7, 11) is 3.04. The third kappa shape index (κ3) is 5.49. The minimum absolute atomic E-state index is 0.180. The van der Waals surface area contributed by atoms with Gasteiger partial charge in [-0.3, -0.25) is 14.5 Å². The molecule has 1 unspecified atom stereocenters. The van der Waals surface area contributed by atoms with Crippen molar-refractivity contribution in [2.75, 3.05) is 32.3 Å². The molecule has 0 aliphatic heterocycles. The lowest BCUT2D eigenvalue weighted by Crippen LogP contribution is -2.46. The van der Waals surface area contributed by atoms with Crippen LogP contribution in [0.3, 0.4) is 0 Å². The molecular formula is C26H26FN5O4. The number of nitrogens with one attached hydrogen (secondary N) is 1. The van der Waals surface area contributed by atoms with Crippen LogP contribution in [0.15, 0.2) is 72.8 Å². The van der Waals surface area contributed by atoms with Crippen LogP contribution >= 0.6 is 0 Å². The highest BCUT2D eigenvalue weighted by atomic mass is 19.1. The molecule has 3 aromatic carbocycles. The zero-order valence-electron chi connectivity index (χ0n) is 19.9. The van der Waals surface area contributed by atoms with Crippen LogP contribution in [0.1, 0.15) is 11.6 Å². The molecule has 4 rings (SSSR count). The lowest BCUT2D eigenvalue weighted by Gasteiger charge is -2.31. The van der Waals surface area contributed by atoms with E-state index >= 15 is 0 Å². The second kappa shape index (κ2) is 11.4. The number of methoxy groups -OCH3 is 2. The molecule has 0 fully saturated rings. The summed E-state index contributed by atoms with van der Waals surface area (Å²) < 4.78 is 25.6. The Morgan fingerprint density at radius 3 is 2.58 bits per heavy atom. The van der Waals surface area contributed by atoms with E-state index in [1.165, 1.54) is 48.1 Å². The first-order chi connectivity index (χ1) is 17.5. The summed E-state index contributed by atoms with van der Waals surface area (Å²) >= 11 is 0. The Bertz CT molecular complexity index is 1340. The number of nitrogens with zero attached hydrogens (tertiary/aromatic N) is 4. The van der Waals surface area contributed by atoms with Gasteiger partial charge < -0.3 is 14.8 Å². The molecule has 4 aromatic rings. The molecule has 1 heterocycles. The van der Waals surface area contributed by atoms with Gasteiger partial charge in [0.15, 0.2) is 0 Å². The van der Waals surface area contributed by atoms with Crippen molar-refractivity contribution < 1.29 is 23.5 Å². The van der Waals surface area contributed by atoms with Crippen LogP contribution in [0.25, 0.3) is 11.0 Å². The summed E-state index contributed by atoms with van der Waals surface area (Å²) in [5.74, 6) is -0.812. The number of amides is 2. The number of rotatable bonds is 10. The largest absolute Gasteiger partial charge is 0.497 e. The van der Waals surface area contributed by atoms with Crippen LogP contribution in [-0.2, 0) is 20.9 Å². The van der Waals surface area contributed by atoms with Gasteiger partial charge in [0.2, 0.25) is 11.8 Å². The number of fused-ring (bicyclic) bond motifs is 1. The van der Waals surface area contributed by atoms with Gasteiger partial charge in [0.05, 0.1) is 19.2 Å². The molecular weight excluding hydrogens is 465 g/mol. The van der Waals surface area contributed by atoms with Gasteiger partial charge in [-0.05, 0) is 42.0 Å². The summed E-state index contributed by atoms with van der Waals surface area (Å²) in [5.41, 5.74) is 2.19. The molecule has 0 bridgehead atoms. The van der Waals surface area contributed by atoms with Crippen molar-refractivity contribution >= 4 is 28.5 Å². The standard InChI is InChI=1S/C26H26FN5O4/c1-35-15-14-28-26(34)25(18-10-12-19(27)13-11-18)32(20-6-5-7-21(16-20)36-2)24(33)17-31-23-9-4-3-8-22(23)29-30-31/h3-13,16,25H,14-15,17H2,1-2H3,(H,28,34). The number of hydrogen-bond acceptors (Lipinski definition) is 6. The molecule has 10 heteroatoms. The first-order valence-electron chi connectivity index (χ1n) is 11.3. The molecule has 2 amide bonds. The van der Waals surface area contributed by atoms with Gasteiger partial charge in [0.1, 0.15) is 29.7 Å². The molecule has 0 saturated heterocycles. The average molecular weight is 492 g/mol. The Balaban J connectivity index is 1.79. The summed E-state index contributed by atoms with van der Waals surface area (Å²) in [4.78, 5) is 28.7. The Kier molecular flexibility index (Phi) is 7.86. The second-order valence-corrected chi connectivity index (χ2v) is 7.94. The lowest BCUT2D eigenvalue weighted by atomic mass is 10.0. The molecule has 0 aliphatic carbocycles. The average Bonchev–Trinajstić information content (AvgIpc) is 3.30. The molecule has 9 nitrogen and oxygen atoms in total. The number of aromatic nitrogens is 3. The van der Waals surface area contributed by atoms with E-state index in [9.17, 15) is 14.0 Å². The molecule has 0 radical (unpaired) electrons. The van der Waals surface area contributed by atoms with Crippen LogP contribution < -0.4 is 15.0 Å². The van der Waals surface area contributed by atoms with Gasteiger partial charge in [0, 0.05) is 25.4 Å². The van der Waals surface area contributed by atoms with Crippen molar-refractivity contribution in [3.63, 3.8) is 0 Å². The van der Waals surface area contributed by atoms with Crippen molar-refractivity contribution in [2.45, 2.75) is 12.6 Å². The number of anilines is 1. The first kappa shape index (κ1) is 24.8. The highest BCUT2D eigenvalue weighted by Crippen LogP contribution is 2.31. The molecule has 0 aliphatic rings. The maximum Gasteiger partial charge on any atom is 0.249 e. The van der Waals surface area contributed by atoms with Crippen LogP contribution in [-0.4, -0.2) is 54.2 Å². The van der Waals surface area contributed by atoms with Crippen molar-refractivity contribution in [3.8, 4) is 5.75 Å². The van der Waals surface area contributed by atoms with Crippen molar-refractivity contribution in [2.24, 2.45) is 0 Å². The van der Waals surface area contributed by atoms with E-state index in [0.29, 0.717) is 34.6 Å². The predicted octanol–water partition coefficient (Wildman–Crippen LogP) is 3.12. The number of hydrogen-bond donors (Lipinski definition) is 1. The maximum atomic E-state index is 13.9. The lowest BCUT2D eigenvalue weighted by molar-refractivity contribution is -0.127. The number of carbonyl (C=O) groups excluding carboxylic acids is 2. The van der Waals surface area contributed by atoms with Gasteiger partial charge in [-0.2, -0.15) is 0 Å². The fraction of sp³-hybridized carbons (Fsp3) is 0.231. The van der Waals surface area contributed by atoms with E-state index in [1.807, 2.05) is 18.2 Å². The Labute approximate surface area is 207 Å². The summed E-state index contributed by atoms with van der Waals surface area (Å²) in [6.07, 6.45) is 0. The molecule has 1 N–H and O–H groups in total. The molecule has 0 spiro atoms. The third-order valence-electron chi connectivity index (χ3n) is 5.60. The fourth-order valence-corrected chi connectivity index (χ4v) is 3.87. The Morgan fingerprint density at radius 1 is 1.06 bits per heavy atom. The van der Waals surface area contributed by atoms with Crippen molar-refractivity contribution in [1.82, 2.24) is 20.3 Å². The highest BCUT2D eigenvalue weighted by Gasteiger charge is 2.33. The zero-order valence-corrected chi connectivity index (χ0v) is 19.9. The van der Waals surface area contributed by atoms with Crippen molar-refractivity contribution in [1.29, 1.82) is 0 Å². The van der Waals surface area contributed by atoms with Gasteiger partial charge in [-0.1, -0.05) is 35.5 Å². The van der Waals surface area contributed by atoms with Gasteiger partial charge in [0.25, 0.3) is 0 Å². The van der Waals surface area contributed by atoms with E-state index in [1.54, 1.807) is 30.3 Å². The number of ether oxygens (including phenoxy) is 2. The van der Waals surface area contributed by atoms with Crippen LogP contribution in [0.5, 0.6) is 5.75 Å². The van der Waals surface area contributed by atoms with Crippen LogP contribution in [0.4, 0.5) is 10.1 Å². The van der Waals surface area contributed by atoms with E-state index in [-0.39, 0.29) is 13.1 Å². The van der Waals surface area contributed by atoms with Gasteiger partial charge in [-0.25, -0.2) is 9.07 Å². The van der Waals surface area contributed by atoms with E-state index in [0.717, 1.165) is 0 Å². The van der Waals surface area contributed by atoms with Gasteiger partial charge >= 0.3 is 0 Å². The molecule has 1 aromatic heterocycles. The van der Waals surface area contributed by atoms with E-state index < -0.39 is 23.7 Å². The zero-order chi connectivity index (χ0) is 25.5. The summed E-state index contributed by atoms with van der Waals surface area (Å²) in [6, 6.07) is 18.5. The third-order valence-corrected chi connectivity index (χ3v) is 5.60. The Morgan fingerprint density at radius 2 is 1.83 bits per heavy atom. The normalized spacial score (nSPS) is 11.8. The second-order valence-electron chi connectivity index (χ2n) is 7.94. The number of benzene rings is 3. The first-order valence-corrected chi connectivity index (χ1v) is 11.3. The van der Waals surface area contributed by atoms with Crippen LogP contribution in [0.2, 0.25) is 0 Å². The van der Waals surface area contributed by atoms with Gasteiger partial charge in [-0.15, -0.1) is 5.10 Å². The monoisotopic (exact) mass is 491 g/mol. The summed E-state index contributed by atoms with van der Waals surface area (Å²) in [6.45, 7) is 0.349. The maximum absolute atomic E-state index is 13.9.